The summed E-state index contributed by atoms with van der Waals surface area (Å²) in [6, 6.07) is 9.08. The predicted molar refractivity (Wildman–Crippen MR) is 78.9 cm³/mol. The zero-order valence-electron chi connectivity index (χ0n) is 12.4. The number of carbonyl (C=O) groups excluding carboxylic acids is 1. The Balaban J connectivity index is 2.30. The molecule has 0 spiro atoms. The third-order valence-corrected chi connectivity index (χ3v) is 3.10. The second kappa shape index (κ2) is 6.60. The fourth-order valence-corrected chi connectivity index (χ4v) is 2.04. The standard InChI is InChI=1S/C16H14F3NO3/c1-22-13-8-4-7-12(14(13)23-2)15(21)20-11-6-3-5-10(9-11)16(17,18)19/h3-9H,1-2H3,(H,20,21). The number of carbonyl (C=O) groups is 1. The zero-order valence-corrected chi connectivity index (χ0v) is 12.4. The fraction of sp³-hybridized carbons (Fsp3) is 0.188. The van der Waals surface area contributed by atoms with E-state index < -0.39 is 17.6 Å². The van der Waals surface area contributed by atoms with E-state index in [1.807, 2.05) is 0 Å². The third-order valence-electron chi connectivity index (χ3n) is 3.10. The molecule has 0 saturated heterocycles. The molecule has 2 aromatic carbocycles. The van der Waals surface area contributed by atoms with Crippen molar-refractivity contribution in [2.24, 2.45) is 0 Å². The summed E-state index contributed by atoms with van der Waals surface area (Å²) in [4.78, 5) is 12.3. The molecule has 0 aliphatic rings. The van der Waals surface area contributed by atoms with E-state index in [-0.39, 0.29) is 17.0 Å². The molecule has 7 heteroatoms. The van der Waals surface area contributed by atoms with Gasteiger partial charge in [-0.3, -0.25) is 4.79 Å². The van der Waals surface area contributed by atoms with Crippen molar-refractivity contribution in [3.63, 3.8) is 0 Å². The van der Waals surface area contributed by atoms with Gasteiger partial charge in [-0.2, -0.15) is 13.2 Å². The maximum Gasteiger partial charge on any atom is 0.416 e. The SMILES string of the molecule is COc1cccc(C(=O)Nc2cccc(C(F)(F)F)c2)c1OC. The van der Waals surface area contributed by atoms with Crippen LogP contribution in [0, 0.1) is 0 Å². The quantitative estimate of drug-likeness (QED) is 0.925. The molecule has 4 nitrogen and oxygen atoms in total. The van der Waals surface area contributed by atoms with E-state index in [0.717, 1.165) is 12.1 Å². The van der Waals surface area contributed by atoms with Gasteiger partial charge in [0.05, 0.1) is 25.3 Å². The van der Waals surface area contributed by atoms with Crippen LogP contribution in [-0.4, -0.2) is 20.1 Å². The number of benzene rings is 2. The van der Waals surface area contributed by atoms with E-state index in [0.29, 0.717) is 5.75 Å². The van der Waals surface area contributed by atoms with Crippen LogP contribution in [0.25, 0.3) is 0 Å². The van der Waals surface area contributed by atoms with Gasteiger partial charge in [0.1, 0.15) is 0 Å². The van der Waals surface area contributed by atoms with E-state index in [1.54, 1.807) is 12.1 Å². The third kappa shape index (κ3) is 3.74. The summed E-state index contributed by atoms with van der Waals surface area (Å²) in [5.74, 6) is -0.0382. The van der Waals surface area contributed by atoms with Crippen molar-refractivity contribution in [2.45, 2.75) is 6.18 Å². The number of anilines is 1. The van der Waals surface area contributed by atoms with Crippen molar-refractivity contribution < 1.29 is 27.4 Å². The number of amides is 1. The molecular weight excluding hydrogens is 311 g/mol. The van der Waals surface area contributed by atoms with Crippen LogP contribution in [0.1, 0.15) is 15.9 Å². The molecule has 0 heterocycles. The summed E-state index contributed by atoms with van der Waals surface area (Å²) in [5.41, 5.74) is -0.646. The Bertz CT molecular complexity index is 714. The summed E-state index contributed by atoms with van der Waals surface area (Å²) in [7, 11) is 2.80. The monoisotopic (exact) mass is 325 g/mol. The van der Waals surface area contributed by atoms with Crippen molar-refractivity contribution in [3.8, 4) is 11.5 Å². The van der Waals surface area contributed by atoms with E-state index in [9.17, 15) is 18.0 Å². The van der Waals surface area contributed by atoms with Gasteiger partial charge < -0.3 is 14.8 Å². The molecule has 1 N–H and O–H groups in total. The van der Waals surface area contributed by atoms with E-state index in [4.69, 9.17) is 9.47 Å². The molecule has 122 valence electrons. The van der Waals surface area contributed by atoms with Gasteiger partial charge in [0.15, 0.2) is 11.5 Å². The lowest BCUT2D eigenvalue weighted by Gasteiger charge is -2.13. The van der Waals surface area contributed by atoms with E-state index in [1.165, 1.54) is 32.4 Å². The molecule has 0 atom stereocenters. The zero-order chi connectivity index (χ0) is 17.0. The topological polar surface area (TPSA) is 47.6 Å². The minimum atomic E-state index is -4.48. The van der Waals surface area contributed by atoms with Crippen molar-refractivity contribution in [3.05, 3.63) is 53.6 Å². The first-order valence-electron chi connectivity index (χ1n) is 6.56. The van der Waals surface area contributed by atoms with Crippen LogP contribution in [-0.2, 0) is 6.18 Å². The Morgan fingerprint density at radius 2 is 1.74 bits per heavy atom. The highest BCUT2D eigenvalue weighted by Gasteiger charge is 2.30. The van der Waals surface area contributed by atoms with Crippen LogP contribution in [0.15, 0.2) is 42.5 Å². The Morgan fingerprint density at radius 1 is 1.04 bits per heavy atom. The van der Waals surface area contributed by atoms with Crippen molar-refractivity contribution in [2.75, 3.05) is 19.5 Å². The number of methoxy groups -OCH3 is 2. The summed E-state index contributed by atoms with van der Waals surface area (Å²) in [6.07, 6.45) is -4.48. The van der Waals surface area contributed by atoms with Crippen molar-refractivity contribution >= 4 is 11.6 Å². The summed E-state index contributed by atoms with van der Waals surface area (Å²) in [5, 5.41) is 2.42. The van der Waals surface area contributed by atoms with Gasteiger partial charge in [-0.05, 0) is 30.3 Å². The van der Waals surface area contributed by atoms with Gasteiger partial charge in [0.2, 0.25) is 0 Å². The molecule has 23 heavy (non-hydrogen) atoms. The van der Waals surface area contributed by atoms with Crippen LogP contribution in [0.3, 0.4) is 0 Å². The number of nitrogens with one attached hydrogen (secondary N) is 1. The number of ether oxygens (including phenoxy) is 2. The van der Waals surface area contributed by atoms with E-state index in [2.05, 4.69) is 5.32 Å². The number of halogens is 3. The average Bonchev–Trinajstić information content (AvgIpc) is 2.53. The summed E-state index contributed by atoms with van der Waals surface area (Å²) < 4.78 is 48.3. The summed E-state index contributed by atoms with van der Waals surface area (Å²) >= 11 is 0. The molecule has 2 aromatic rings. The molecular formula is C16H14F3NO3. The largest absolute Gasteiger partial charge is 0.493 e. The van der Waals surface area contributed by atoms with Gasteiger partial charge in [0, 0.05) is 5.69 Å². The van der Waals surface area contributed by atoms with E-state index >= 15 is 0 Å². The van der Waals surface area contributed by atoms with Gasteiger partial charge in [-0.15, -0.1) is 0 Å². The second-order valence-corrected chi connectivity index (χ2v) is 4.57. The van der Waals surface area contributed by atoms with Crippen LogP contribution in [0.4, 0.5) is 18.9 Å². The molecule has 0 aromatic heterocycles. The Hall–Kier alpha value is -2.70. The van der Waals surface area contributed by atoms with Gasteiger partial charge >= 0.3 is 6.18 Å². The molecule has 0 bridgehead atoms. The second-order valence-electron chi connectivity index (χ2n) is 4.57. The predicted octanol–water partition coefficient (Wildman–Crippen LogP) is 3.97. The molecule has 0 fully saturated rings. The van der Waals surface area contributed by atoms with Crippen LogP contribution in [0.5, 0.6) is 11.5 Å². The number of hydrogen-bond donors (Lipinski definition) is 1. The number of rotatable bonds is 4. The highest BCUT2D eigenvalue weighted by Crippen LogP contribution is 2.33. The highest BCUT2D eigenvalue weighted by molar-refractivity contribution is 6.06. The van der Waals surface area contributed by atoms with Crippen molar-refractivity contribution in [1.82, 2.24) is 0 Å². The first-order chi connectivity index (χ1) is 10.9. The number of alkyl halides is 3. The normalized spacial score (nSPS) is 11.0. The first-order valence-corrected chi connectivity index (χ1v) is 6.56. The lowest BCUT2D eigenvalue weighted by molar-refractivity contribution is -0.137. The van der Waals surface area contributed by atoms with Crippen LogP contribution < -0.4 is 14.8 Å². The number of hydrogen-bond acceptors (Lipinski definition) is 3. The van der Waals surface area contributed by atoms with Crippen LogP contribution in [0.2, 0.25) is 0 Å². The lowest BCUT2D eigenvalue weighted by Crippen LogP contribution is -2.14. The maximum absolute atomic E-state index is 12.7. The Labute approximate surface area is 130 Å². The average molecular weight is 325 g/mol. The first kappa shape index (κ1) is 16.7. The minimum absolute atomic E-state index is 0.0368. The van der Waals surface area contributed by atoms with Gasteiger partial charge in [0.25, 0.3) is 5.91 Å². The summed E-state index contributed by atoms with van der Waals surface area (Å²) in [6.45, 7) is 0. The molecule has 0 unspecified atom stereocenters. The molecule has 2 rings (SSSR count). The highest BCUT2D eigenvalue weighted by atomic mass is 19.4. The van der Waals surface area contributed by atoms with Crippen molar-refractivity contribution in [1.29, 1.82) is 0 Å². The molecule has 0 saturated carbocycles. The maximum atomic E-state index is 12.7. The Kier molecular flexibility index (Phi) is 4.78. The molecule has 0 aliphatic heterocycles. The molecule has 0 aliphatic carbocycles. The van der Waals surface area contributed by atoms with Crippen LogP contribution >= 0.6 is 0 Å². The van der Waals surface area contributed by atoms with Gasteiger partial charge in [-0.1, -0.05) is 12.1 Å². The minimum Gasteiger partial charge on any atom is -0.493 e. The number of para-hydroxylation sites is 1. The fourth-order valence-electron chi connectivity index (χ4n) is 2.04. The lowest BCUT2D eigenvalue weighted by atomic mass is 10.1. The Morgan fingerprint density at radius 3 is 2.35 bits per heavy atom. The van der Waals surface area contributed by atoms with Gasteiger partial charge in [-0.25, -0.2) is 0 Å². The molecule has 1 amide bonds. The smallest absolute Gasteiger partial charge is 0.416 e. The molecule has 0 radical (unpaired) electrons.